The lowest BCUT2D eigenvalue weighted by atomic mass is 11.9. The molecule has 0 aromatic heterocycles. The van der Waals surface area contributed by atoms with Crippen LogP contribution in [0.15, 0.2) is 0 Å². The van der Waals surface area contributed by atoms with Crippen LogP contribution in [0.4, 0.5) is 0 Å². The predicted octanol–water partition coefficient (Wildman–Crippen LogP) is -0.0509. The minimum absolute atomic E-state index is 0.833. The maximum absolute atomic E-state index is 9.67. The van der Waals surface area contributed by atoms with Crippen molar-refractivity contribution in [2.45, 2.75) is 19.6 Å². The smallest absolute Gasteiger partial charge is 0.216 e. The molecule has 0 amide bonds. The zero-order valence-electron chi connectivity index (χ0n) is 5.10. The van der Waals surface area contributed by atoms with Gasteiger partial charge in [0.25, 0.3) is 0 Å². The topological polar surface area (TPSA) is 39.8 Å². The van der Waals surface area contributed by atoms with E-state index in [-0.39, 0.29) is 0 Å². The molecule has 44 valence electrons. The second kappa shape index (κ2) is 9.61. The highest BCUT2D eigenvalue weighted by molar-refractivity contribution is 6.46. The Balaban J connectivity index is 0. The summed E-state index contributed by atoms with van der Waals surface area (Å²) in [7, 11) is -2.22. The Hall–Kier alpha value is 0.354. The molecule has 0 aliphatic rings. The molecule has 0 heterocycles. The molecule has 0 aliphatic carbocycles. The maximum atomic E-state index is 9.67. The van der Waals surface area contributed by atoms with Gasteiger partial charge in [-0.25, -0.2) is 0 Å². The van der Waals surface area contributed by atoms with Gasteiger partial charge in [-0.1, -0.05) is 0 Å². The summed E-state index contributed by atoms with van der Waals surface area (Å²) >= 11 is 0. The second-order valence-electron chi connectivity index (χ2n) is 1.34. The Morgan fingerprint density at radius 1 is 1.43 bits per heavy atom. The molecule has 2 nitrogen and oxygen atoms in total. The third-order valence-corrected chi connectivity index (χ3v) is 0. The first-order valence-electron chi connectivity index (χ1n) is 2.39. The lowest BCUT2D eigenvalue weighted by molar-refractivity contribution is 0.460. The molecule has 0 aromatic carbocycles. The third-order valence-electron chi connectivity index (χ3n) is 0. The first-order valence-corrected chi connectivity index (χ1v) is 7.16. The normalized spacial score (nSPS) is 9.43. The maximum Gasteiger partial charge on any atom is 0.216 e. The molecule has 0 spiro atoms. The molecule has 0 saturated heterocycles. The Bertz CT molecular complexity index is 22.1. The minimum Gasteiger partial charge on any atom is -0.306 e. The van der Waals surface area contributed by atoms with Gasteiger partial charge < -0.3 is 9.59 Å². The molecular formula is C3H12O2Si2. The van der Waals surface area contributed by atoms with Gasteiger partial charge >= 0.3 is 0 Å². The van der Waals surface area contributed by atoms with Crippen molar-refractivity contribution in [2.24, 2.45) is 0 Å². The van der Waals surface area contributed by atoms with Crippen LogP contribution in [0, 0.1) is 0 Å². The molecule has 0 saturated carbocycles. The molecular weight excluding hydrogens is 124 g/mol. The first-order chi connectivity index (χ1) is 3.15. The van der Waals surface area contributed by atoms with E-state index in [4.69, 9.17) is 4.80 Å². The van der Waals surface area contributed by atoms with Crippen LogP contribution in [0.3, 0.4) is 0 Å². The molecule has 2 radical (unpaired) electrons. The van der Waals surface area contributed by atoms with Gasteiger partial charge in [0.15, 0.2) is 0 Å². The Morgan fingerprint density at radius 2 is 1.43 bits per heavy atom. The van der Waals surface area contributed by atoms with Crippen LogP contribution >= 0.6 is 0 Å². The van der Waals surface area contributed by atoms with Crippen LogP contribution in [-0.2, 0) is 9.59 Å². The van der Waals surface area contributed by atoms with Gasteiger partial charge in [-0.15, -0.1) is 0 Å². The average Bonchev–Trinajstić information content (AvgIpc) is 1.33. The van der Waals surface area contributed by atoms with Crippen molar-refractivity contribution in [3.8, 4) is 0 Å². The average molecular weight is 136 g/mol. The summed E-state index contributed by atoms with van der Waals surface area (Å²) in [6.45, 7) is 5.21. The molecule has 0 aromatic rings. The van der Waals surface area contributed by atoms with Gasteiger partial charge in [0, 0.05) is 0 Å². The zero-order valence-corrected chi connectivity index (χ0v) is 7.67. The van der Waals surface area contributed by atoms with Crippen molar-refractivity contribution in [2.75, 3.05) is 0 Å². The highest BCUT2D eigenvalue weighted by atomic mass is 28.3. The van der Waals surface area contributed by atoms with Crippen molar-refractivity contribution in [3.63, 3.8) is 0 Å². The number of hydrogen-bond donors (Lipinski definition) is 0. The molecule has 0 atom stereocenters. The Labute approximate surface area is 48.9 Å². The zero-order chi connectivity index (χ0) is 6.28. The molecule has 0 fully saturated rings. The highest BCUT2D eigenvalue weighted by Crippen LogP contribution is 1.62. The fraction of sp³-hybridized carbons (Fsp3) is 1.00. The van der Waals surface area contributed by atoms with E-state index in [2.05, 4.69) is 0 Å². The van der Waals surface area contributed by atoms with Gasteiger partial charge in [0.2, 0.25) is 18.8 Å². The van der Waals surface area contributed by atoms with E-state index in [1.165, 1.54) is 0 Å². The number of hydrogen-bond acceptors (Lipinski definition) is 0. The minimum atomic E-state index is -1.39. The summed E-state index contributed by atoms with van der Waals surface area (Å²) in [5.74, 6) is 0. The van der Waals surface area contributed by atoms with Crippen LogP contribution in [0.5, 0.6) is 0 Å². The van der Waals surface area contributed by atoms with Gasteiger partial charge in [-0.3, -0.25) is 0 Å². The van der Waals surface area contributed by atoms with Crippen LogP contribution in [0.25, 0.3) is 0 Å². The van der Waals surface area contributed by atoms with Crippen molar-refractivity contribution < 1.29 is 9.59 Å². The summed E-state index contributed by atoms with van der Waals surface area (Å²) in [5.41, 5.74) is 0. The van der Waals surface area contributed by atoms with Crippen molar-refractivity contribution in [1.82, 2.24) is 0 Å². The van der Waals surface area contributed by atoms with E-state index in [1.807, 2.05) is 0 Å². The van der Waals surface area contributed by atoms with Crippen LogP contribution in [0.2, 0.25) is 19.6 Å². The molecule has 4 heteroatoms. The largest absolute Gasteiger partial charge is 0.306 e. The third kappa shape index (κ3) is 962. The highest BCUT2D eigenvalue weighted by Gasteiger charge is 1.79. The summed E-state index contributed by atoms with van der Waals surface area (Å²) < 4.78 is 0. The van der Waals surface area contributed by atoms with E-state index < -0.39 is 18.8 Å². The summed E-state index contributed by atoms with van der Waals surface area (Å²) in [4.78, 5) is 18.7. The van der Waals surface area contributed by atoms with Crippen LogP contribution in [0.1, 0.15) is 0 Å². The van der Waals surface area contributed by atoms with Crippen molar-refractivity contribution in [1.29, 1.82) is 0 Å². The summed E-state index contributed by atoms with van der Waals surface area (Å²) in [6, 6.07) is 0. The lowest BCUT2D eigenvalue weighted by Gasteiger charge is -1.70. The lowest BCUT2D eigenvalue weighted by Crippen LogP contribution is -1.89. The summed E-state index contributed by atoms with van der Waals surface area (Å²) in [6.07, 6.45) is 0. The monoisotopic (exact) mass is 136 g/mol. The van der Waals surface area contributed by atoms with E-state index >= 15 is 0 Å². The van der Waals surface area contributed by atoms with E-state index in [0.29, 0.717) is 0 Å². The van der Waals surface area contributed by atoms with E-state index in [0.717, 1.165) is 0 Å². The van der Waals surface area contributed by atoms with E-state index in [1.54, 1.807) is 19.6 Å². The van der Waals surface area contributed by atoms with Crippen LogP contribution in [-0.4, -0.2) is 18.8 Å². The predicted molar refractivity (Wildman–Crippen MR) is 34.7 cm³/mol. The standard InChI is InChI=1S/C2H7OSi.CH5OSi/c1-4(2)3;1-3-2/h4H,1-2H3;3H2,1H3. The Morgan fingerprint density at radius 3 is 1.43 bits per heavy atom. The molecule has 7 heavy (non-hydrogen) atoms. The number of rotatable bonds is 0. The van der Waals surface area contributed by atoms with Gasteiger partial charge in [0.05, 0.1) is 0 Å². The first kappa shape index (κ1) is 10.4. The SMILES string of the molecule is C[SiH2][O].C[SiH](C)[O]. The van der Waals surface area contributed by atoms with Gasteiger partial charge in [-0.05, 0) is 19.6 Å². The van der Waals surface area contributed by atoms with Gasteiger partial charge in [0.1, 0.15) is 0 Å². The quantitative estimate of drug-likeness (QED) is 0.419. The second-order valence-corrected chi connectivity index (χ2v) is 4.01. The van der Waals surface area contributed by atoms with E-state index in [9.17, 15) is 4.80 Å². The fourth-order valence-corrected chi connectivity index (χ4v) is 0. The summed E-state index contributed by atoms with van der Waals surface area (Å²) in [5, 5.41) is 0. The Kier molecular flexibility index (Phi) is 14.2. The molecule has 0 aliphatic heterocycles. The molecule has 0 unspecified atom stereocenters. The van der Waals surface area contributed by atoms with Crippen LogP contribution < -0.4 is 0 Å². The van der Waals surface area contributed by atoms with Crippen molar-refractivity contribution >= 4 is 18.8 Å². The molecule has 0 bridgehead atoms. The molecule has 0 rings (SSSR count). The fourth-order valence-electron chi connectivity index (χ4n) is 0. The van der Waals surface area contributed by atoms with Gasteiger partial charge in [-0.2, -0.15) is 0 Å². The molecule has 0 N–H and O–H groups in total. The van der Waals surface area contributed by atoms with Crippen molar-refractivity contribution in [3.05, 3.63) is 0 Å².